The molecule has 92 valence electrons. The molecule has 0 radical (unpaired) electrons. The number of hydrogen-bond donors (Lipinski definition) is 1. The highest BCUT2D eigenvalue weighted by Gasteiger charge is 2.08. The van der Waals surface area contributed by atoms with Crippen molar-refractivity contribution in [1.29, 1.82) is 0 Å². The summed E-state index contributed by atoms with van der Waals surface area (Å²) in [4.78, 5) is 4.63. The van der Waals surface area contributed by atoms with E-state index >= 15 is 0 Å². The summed E-state index contributed by atoms with van der Waals surface area (Å²) < 4.78 is 0. The molecule has 0 saturated heterocycles. The molecule has 0 bridgehead atoms. The Morgan fingerprint density at radius 1 is 1.11 bits per heavy atom. The number of anilines is 1. The molecule has 1 heterocycles. The maximum Gasteiger partial charge on any atom is 0.129 e. The van der Waals surface area contributed by atoms with Crippen LogP contribution in [0.15, 0.2) is 36.5 Å². The summed E-state index contributed by atoms with van der Waals surface area (Å²) in [7, 11) is 0. The third-order valence-electron chi connectivity index (χ3n) is 2.14. The van der Waals surface area contributed by atoms with Crippen LogP contribution in [0.1, 0.15) is 5.69 Å². The minimum Gasteiger partial charge on any atom is -0.345 e. The third kappa shape index (κ3) is 3.12. The summed E-state index contributed by atoms with van der Waals surface area (Å²) in [5.41, 5.74) is 1.35. The second kappa shape index (κ2) is 5.85. The van der Waals surface area contributed by atoms with Crippen LogP contribution in [0.5, 0.6) is 0 Å². The summed E-state index contributed by atoms with van der Waals surface area (Å²) in [6.07, 6.45) is 1.67. The van der Waals surface area contributed by atoms with Gasteiger partial charge in [-0.3, -0.25) is 4.98 Å². The van der Waals surface area contributed by atoms with Crippen LogP contribution >= 0.6 is 47.0 Å². The standard InChI is InChI=1S/C12H7Cl3N2S/c13-8-5-7(6-9(14)11(8)15)17-12(18)10-3-1-2-4-16-10/h1-6H,(H,17,18). The second-order valence-electron chi connectivity index (χ2n) is 3.42. The van der Waals surface area contributed by atoms with Gasteiger partial charge in [-0.2, -0.15) is 0 Å². The van der Waals surface area contributed by atoms with Gasteiger partial charge in [0, 0.05) is 11.9 Å². The van der Waals surface area contributed by atoms with Crippen molar-refractivity contribution in [3.05, 3.63) is 57.3 Å². The van der Waals surface area contributed by atoms with Crippen LogP contribution in [0.3, 0.4) is 0 Å². The fraction of sp³-hybridized carbons (Fsp3) is 0. The molecule has 1 aromatic heterocycles. The zero-order chi connectivity index (χ0) is 13.1. The van der Waals surface area contributed by atoms with E-state index in [2.05, 4.69) is 10.3 Å². The molecule has 6 heteroatoms. The van der Waals surface area contributed by atoms with Gasteiger partial charge in [-0.25, -0.2) is 0 Å². The first-order chi connectivity index (χ1) is 8.58. The molecule has 18 heavy (non-hydrogen) atoms. The quantitative estimate of drug-likeness (QED) is 0.634. The van der Waals surface area contributed by atoms with Crippen LogP contribution in [0.4, 0.5) is 5.69 Å². The van der Waals surface area contributed by atoms with Gasteiger partial charge in [0.1, 0.15) is 4.99 Å². The normalized spacial score (nSPS) is 10.2. The average Bonchev–Trinajstić information content (AvgIpc) is 2.37. The van der Waals surface area contributed by atoms with Crippen molar-refractivity contribution in [2.75, 3.05) is 5.32 Å². The van der Waals surface area contributed by atoms with Gasteiger partial charge in [0.2, 0.25) is 0 Å². The smallest absolute Gasteiger partial charge is 0.129 e. The number of thiocarbonyl (C=S) groups is 1. The second-order valence-corrected chi connectivity index (χ2v) is 5.02. The molecule has 0 aliphatic rings. The zero-order valence-corrected chi connectivity index (χ0v) is 12.0. The molecule has 2 nitrogen and oxygen atoms in total. The van der Waals surface area contributed by atoms with E-state index in [4.69, 9.17) is 47.0 Å². The van der Waals surface area contributed by atoms with E-state index in [9.17, 15) is 0 Å². The number of nitrogens with zero attached hydrogens (tertiary/aromatic N) is 1. The van der Waals surface area contributed by atoms with Gasteiger partial charge >= 0.3 is 0 Å². The number of pyridine rings is 1. The summed E-state index contributed by atoms with van der Waals surface area (Å²) >= 11 is 23.0. The Morgan fingerprint density at radius 3 is 2.33 bits per heavy atom. The van der Waals surface area contributed by atoms with Gasteiger partial charge in [0.15, 0.2) is 0 Å². The van der Waals surface area contributed by atoms with Gasteiger partial charge in [-0.15, -0.1) is 0 Å². The topological polar surface area (TPSA) is 24.9 Å². The number of nitrogens with one attached hydrogen (secondary N) is 1. The van der Waals surface area contributed by atoms with E-state index in [1.165, 1.54) is 0 Å². The molecule has 1 aromatic carbocycles. The van der Waals surface area contributed by atoms with Crippen LogP contribution < -0.4 is 5.32 Å². The van der Waals surface area contributed by atoms with Crippen molar-refractivity contribution in [3.8, 4) is 0 Å². The van der Waals surface area contributed by atoms with E-state index in [1.54, 1.807) is 18.3 Å². The molecular formula is C12H7Cl3N2S. The van der Waals surface area contributed by atoms with Gasteiger partial charge in [0.25, 0.3) is 0 Å². The molecule has 0 fully saturated rings. The lowest BCUT2D eigenvalue weighted by molar-refractivity contribution is 1.30. The first kappa shape index (κ1) is 13.6. The van der Waals surface area contributed by atoms with E-state index in [-0.39, 0.29) is 0 Å². The fourth-order valence-corrected chi connectivity index (χ4v) is 2.15. The minimum absolute atomic E-state index is 0.327. The lowest BCUT2D eigenvalue weighted by Gasteiger charge is -2.09. The molecule has 2 rings (SSSR count). The maximum atomic E-state index is 5.93. The van der Waals surface area contributed by atoms with Crippen molar-refractivity contribution < 1.29 is 0 Å². The number of rotatable bonds is 2. The highest BCUT2D eigenvalue weighted by Crippen LogP contribution is 2.33. The van der Waals surface area contributed by atoms with Crippen molar-refractivity contribution in [3.63, 3.8) is 0 Å². The largest absolute Gasteiger partial charge is 0.345 e. The predicted molar refractivity (Wildman–Crippen MR) is 81.0 cm³/mol. The molecular weight excluding hydrogens is 311 g/mol. The van der Waals surface area contributed by atoms with Crippen molar-refractivity contribution in [2.24, 2.45) is 0 Å². The van der Waals surface area contributed by atoms with Crippen LogP contribution in [0.2, 0.25) is 15.1 Å². The molecule has 0 spiro atoms. The van der Waals surface area contributed by atoms with Crippen LogP contribution in [-0.4, -0.2) is 9.97 Å². The maximum absolute atomic E-state index is 5.93. The monoisotopic (exact) mass is 316 g/mol. The zero-order valence-electron chi connectivity index (χ0n) is 8.95. The highest BCUT2D eigenvalue weighted by atomic mass is 35.5. The number of halogens is 3. The SMILES string of the molecule is S=C(Nc1cc(Cl)c(Cl)c(Cl)c1)c1ccccn1. The molecule has 0 aliphatic carbocycles. The first-order valence-corrected chi connectivity index (χ1v) is 6.49. The van der Waals surface area contributed by atoms with Crippen molar-refractivity contribution in [2.45, 2.75) is 0 Å². The van der Waals surface area contributed by atoms with Crippen molar-refractivity contribution >= 4 is 57.7 Å². The number of hydrogen-bond acceptors (Lipinski definition) is 2. The molecule has 0 atom stereocenters. The van der Waals surface area contributed by atoms with Gasteiger partial charge in [0.05, 0.1) is 20.8 Å². The molecule has 2 aromatic rings. The van der Waals surface area contributed by atoms with Gasteiger partial charge in [-0.1, -0.05) is 53.1 Å². The van der Waals surface area contributed by atoms with Crippen LogP contribution in [0, 0.1) is 0 Å². The highest BCUT2D eigenvalue weighted by molar-refractivity contribution is 7.81. The van der Waals surface area contributed by atoms with Crippen molar-refractivity contribution in [1.82, 2.24) is 4.98 Å². The molecule has 0 saturated carbocycles. The van der Waals surface area contributed by atoms with Gasteiger partial charge in [-0.05, 0) is 24.3 Å². The third-order valence-corrected chi connectivity index (χ3v) is 3.65. The van der Waals surface area contributed by atoms with E-state index in [0.717, 1.165) is 0 Å². The molecule has 0 aliphatic heterocycles. The van der Waals surface area contributed by atoms with E-state index in [0.29, 0.717) is 31.4 Å². The number of benzene rings is 1. The molecule has 1 N–H and O–H groups in total. The molecule has 0 amide bonds. The van der Waals surface area contributed by atoms with Crippen LogP contribution in [0.25, 0.3) is 0 Å². The Balaban J connectivity index is 2.23. The fourth-order valence-electron chi connectivity index (χ4n) is 1.32. The van der Waals surface area contributed by atoms with E-state index < -0.39 is 0 Å². The Bertz CT molecular complexity index is 564. The summed E-state index contributed by atoms with van der Waals surface area (Å²) in [6.45, 7) is 0. The first-order valence-electron chi connectivity index (χ1n) is 4.95. The van der Waals surface area contributed by atoms with E-state index in [1.807, 2.05) is 18.2 Å². The Morgan fingerprint density at radius 2 is 1.78 bits per heavy atom. The van der Waals surface area contributed by atoms with Gasteiger partial charge < -0.3 is 5.32 Å². The molecule has 0 unspecified atom stereocenters. The Hall–Kier alpha value is -0.870. The lowest BCUT2D eigenvalue weighted by atomic mass is 10.3. The summed E-state index contributed by atoms with van der Waals surface area (Å²) in [5, 5.41) is 4.08. The lowest BCUT2D eigenvalue weighted by Crippen LogP contribution is -2.11. The summed E-state index contributed by atoms with van der Waals surface area (Å²) in [5.74, 6) is 0. The number of aromatic nitrogens is 1. The summed E-state index contributed by atoms with van der Waals surface area (Å²) in [6, 6.07) is 8.81. The Kier molecular flexibility index (Phi) is 4.40. The predicted octanol–water partition coefficient (Wildman–Crippen LogP) is 4.83. The Labute approximate surface area is 125 Å². The average molecular weight is 318 g/mol. The minimum atomic E-state index is 0.327. The van der Waals surface area contributed by atoms with Crippen LogP contribution in [-0.2, 0) is 0 Å².